The van der Waals surface area contributed by atoms with Gasteiger partial charge in [0.05, 0.1) is 109 Å². The van der Waals surface area contributed by atoms with Crippen molar-refractivity contribution in [2.24, 2.45) is 0 Å². The average molecular weight is 1520 g/mol. The van der Waals surface area contributed by atoms with Crippen molar-refractivity contribution in [3.05, 3.63) is 199 Å². The van der Waals surface area contributed by atoms with Gasteiger partial charge >= 0.3 is 0 Å². The molecule has 3 aliphatic heterocycles. The highest BCUT2D eigenvalue weighted by molar-refractivity contribution is 7.89. The van der Waals surface area contributed by atoms with Crippen molar-refractivity contribution in [3.8, 4) is 69.3 Å². The van der Waals surface area contributed by atoms with Gasteiger partial charge in [-0.05, 0) is 127 Å². The van der Waals surface area contributed by atoms with Crippen LogP contribution in [-0.4, -0.2) is 176 Å². The van der Waals surface area contributed by atoms with Crippen LogP contribution in [0.15, 0.2) is 165 Å². The molecule has 12 aromatic rings. The number of Topliss-reactive ketones (excluding diaryl/α,β-unsaturated/α-hetero) is 2. The molecule has 0 unspecified atom stereocenters. The van der Waals surface area contributed by atoms with Gasteiger partial charge in [-0.15, -0.1) is 0 Å². The molecular weight excluding hydrogens is 1440 g/mol. The summed E-state index contributed by atoms with van der Waals surface area (Å²) in [6.07, 6.45) is 10.3. The lowest BCUT2D eigenvalue weighted by molar-refractivity contribution is -0.118. The van der Waals surface area contributed by atoms with Crippen LogP contribution in [0.2, 0.25) is 0 Å². The number of aromatic nitrogens is 12. The second-order valence-electron chi connectivity index (χ2n) is 26.2. The highest BCUT2D eigenvalue weighted by Crippen LogP contribution is 2.33. The Morgan fingerprint density at radius 3 is 1.00 bits per heavy atom. The fourth-order valence-electron chi connectivity index (χ4n) is 12.8. The number of H-pyrrole nitrogens is 3. The van der Waals surface area contributed by atoms with Crippen molar-refractivity contribution >= 4 is 107 Å². The van der Waals surface area contributed by atoms with Gasteiger partial charge in [-0.2, -0.15) is 0 Å². The molecule has 15 rings (SSSR count). The molecule has 9 aromatic heterocycles. The van der Waals surface area contributed by atoms with Gasteiger partial charge in [-0.25, -0.2) is 38.3 Å². The molecule has 28 nitrogen and oxygen atoms in total. The minimum absolute atomic E-state index is 0.0601. The van der Waals surface area contributed by atoms with Gasteiger partial charge in [-0.1, -0.05) is 90.6 Å². The topological polar surface area (TPSA) is 356 Å². The third-order valence-corrected chi connectivity index (χ3v) is 19.7. The predicted molar refractivity (Wildman–Crippen MR) is 427 cm³/mol. The first kappa shape index (κ1) is 76.8. The second-order valence-corrected chi connectivity index (χ2v) is 28.3. The number of carbonyl (C=O) groups excluding carboxylic acids is 5. The first-order chi connectivity index (χ1) is 54.6. The normalized spacial score (nSPS) is 13.3. The number of amides is 3. The van der Waals surface area contributed by atoms with Crippen LogP contribution in [-0.2, 0) is 85.2 Å². The van der Waals surface area contributed by atoms with Crippen molar-refractivity contribution in [2.75, 3.05) is 110 Å². The zero-order valence-electron chi connectivity index (χ0n) is 61.7. The fourth-order valence-corrected chi connectivity index (χ4v) is 14.3. The minimum atomic E-state index is -3.46. The molecule has 0 bridgehead atoms. The maximum absolute atomic E-state index is 12.8. The van der Waals surface area contributed by atoms with Crippen LogP contribution in [0.5, 0.6) is 0 Å². The maximum Gasteiger partial charge on any atom is 0.300 e. The Kier molecular flexibility index (Phi) is 25.2. The number of nitrogens with zero attached hydrogens (tertiary/aromatic N) is 12. The van der Waals surface area contributed by atoms with Gasteiger partial charge in [-0.3, -0.25) is 38.9 Å². The summed E-state index contributed by atoms with van der Waals surface area (Å²) < 4.78 is 42.0. The van der Waals surface area contributed by atoms with E-state index in [1.165, 1.54) is 18.6 Å². The molecule has 29 heteroatoms. The van der Waals surface area contributed by atoms with Crippen LogP contribution < -0.4 is 30.7 Å². The van der Waals surface area contributed by atoms with Crippen LogP contribution in [0.4, 0.5) is 34.5 Å². The molecule has 0 saturated carbocycles. The zero-order valence-corrected chi connectivity index (χ0v) is 62.5. The van der Waals surface area contributed by atoms with E-state index in [9.17, 15) is 32.4 Å². The number of benzene rings is 3. The number of aromatic amines is 3. The maximum atomic E-state index is 12.8. The molecule has 3 saturated heterocycles. The van der Waals surface area contributed by atoms with E-state index in [1.54, 1.807) is 76.2 Å². The van der Waals surface area contributed by atoms with E-state index in [0.717, 1.165) is 135 Å². The van der Waals surface area contributed by atoms with E-state index in [0.29, 0.717) is 92.2 Å². The summed E-state index contributed by atoms with van der Waals surface area (Å²) in [5, 5.41) is 10.7. The molecule has 3 amide bonds. The van der Waals surface area contributed by atoms with E-state index in [1.807, 2.05) is 78.9 Å². The van der Waals surface area contributed by atoms with Crippen molar-refractivity contribution in [1.29, 1.82) is 0 Å². The summed E-state index contributed by atoms with van der Waals surface area (Å²) in [6.45, 7) is 13.6. The standard InChI is InChI=1S/2C28H26N6O3.C27H26N6O4S/c2*1-2-3-26(36)32-22-9-8-21(29-17-22)15-23(35)14-19-4-6-20(7-5-19)25-16-24-27(33-25)30-18-31-28(24)34-10-12-37-13-11-34;1-2-3-25(34)31-21-8-9-22(28-15-21)17-38(35,36)16-19-4-6-20(7-5-19)24-14-23-26(32-24)29-18-30-27(23)33-10-12-37-13-11-33/h2*4-9,16-18H,10-15H2,1H3,(H,32,36)(H,30,31,33);4-9,14-15,18H,10-13,16-17H2,1H3,(H,31,34)(H,29,30,32). The summed E-state index contributed by atoms with van der Waals surface area (Å²) in [5.41, 5.74) is 13.8. The molecule has 3 fully saturated rings. The number of ether oxygens (including phenoxy) is 3. The SMILES string of the molecule is CC#CC(=O)Nc1ccc(CC(=O)Cc2ccc(-c3cc4c(N5CCOCC5)ncnc4[nH]3)cc2)nc1.CC#CC(=O)Nc1ccc(CC(=O)Cc2ccc(-c3cc4c(N5CCOCC5)ncnc4[nH]3)cc2)nc1.CC#CC(=O)Nc1ccc(CS(=O)(=O)Cc2ccc(-c3cc4c(N5CCOCC5)ncnc4[nH]3)cc2)nc1. The number of rotatable bonds is 21. The summed E-state index contributed by atoms with van der Waals surface area (Å²) >= 11 is 0. The Labute approximate surface area is 645 Å². The lowest BCUT2D eigenvalue weighted by Gasteiger charge is -2.27. The Bertz CT molecular complexity index is 5460. The van der Waals surface area contributed by atoms with E-state index >= 15 is 0 Å². The Hall–Kier alpha value is -13.4. The van der Waals surface area contributed by atoms with Gasteiger partial charge in [0.25, 0.3) is 17.7 Å². The van der Waals surface area contributed by atoms with Crippen molar-refractivity contribution in [1.82, 2.24) is 59.8 Å². The molecule has 3 aromatic carbocycles. The van der Waals surface area contributed by atoms with Crippen LogP contribution in [0.1, 0.15) is 54.5 Å². The summed E-state index contributed by atoms with van der Waals surface area (Å²) in [6, 6.07) is 39.6. The number of pyridine rings is 3. The van der Waals surface area contributed by atoms with Crippen LogP contribution in [0, 0.1) is 35.5 Å². The van der Waals surface area contributed by atoms with Gasteiger partial charge in [0.1, 0.15) is 64.9 Å². The van der Waals surface area contributed by atoms with Crippen LogP contribution in [0.25, 0.3) is 66.9 Å². The quantitative estimate of drug-likeness (QED) is 0.0365. The van der Waals surface area contributed by atoms with Crippen molar-refractivity contribution < 1.29 is 46.6 Å². The van der Waals surface area contributed by atoms with Crippen molar-refractivity contribution in [3.63, 3.8) is 0 Å². The lowest BCUT2D eigenvalue weighted by Crippen LogP contribution is -2.36. The number of anilines is 6. The Morgan fingerprint density at radius 1 is 0.384 bits per heavy atom. The molecule has 0 spiro atoms. The van der Waals surface area contributed by atoms with E-state index in [2.05, 4.69) is 138 Å². The predicted octanol–water partition coefficient (Wildman–Crippen LogP) is 9.28. The number of ketones is 2. The van der Waals surface area contributed by atoms with Gasteiger partial charge in [0.2, 0.25) is 0 Å². The third-order valence-electron chi connectivity index (χ3n) is 18.2. The molecule has 0 atom stereocenters. The van der Waals surface area contributed by atoms with E-state index < -0.39 is 27.6 Å². The number of hydrogen-bond acceptors (Lipinski definition) is 22. The van der Waals surface area contributed by atoms with Crippen LogP contribution in [0.3, 0.4) is 0 Å². The summed E-state index contributed by atoms with van der Waals surface area (Å²) in [4.78, 5) is 116. The summed E-state index contributed by atoms with van der Waals surface area (Å²) in [7, 11) is -3.46. The Balaban J connectivity index is 0.000000147. The highest BCUT2D eigenvalue weighted by atomic mass is 32.2. The number of nitrogens with one attached hydrogen (secondary N) is 6. The molecular formula is C83H78N18O10S. The second kappa shape index (κ2) is 36.7. The fraction of sp³-hybridized carbons (Fsp3) is 0.253. The first-order valence-electron chi connectivity index (χ1n) is 36.1. The van der Waals surface area contributed by atoms with E-state index in [-0.39, 0.29) is 35.9 Å². The lowest BCUT2D eigenvalue weighted by atomic mass is 10.0. The Morgan fingerprint density at radius 2 is 0.696 bits per heavy atom. The molecule has 112 heavy (non-hydrogen) atoms. The molecule has 0 aliphatic carbocycles. The largest absolute Gasteiger partial charge is 0.378 e. The zero-order chi connectivity index (χ0) is 77.8. The number of carbonyl (C=O) groups is 5. The van der Waals surface area contributed by atoms with Gasteiger partial charge < -0.3 is 59.8 Å². The average Bonchev–Trinajstić information content (AvgIpc) is 1.65. The third kappa shape index (κ3) is 20.5. The number of hydrogen-bond donors (Lipinski definition) is 6. The van der Waals surface area contributed by atoms with Crippen molar-refractivity contribution in [2.45, 2.75) is 58.0 Å². The molecule has 0 radical (unpaired) electrons. The molecule has 6 N–H and O–H groups in total. The van der Waals surface area contributed by atoms with Gasteiger partial charge in [0, 0.05) is 93.4 Å². The van der Waals surface area contributed by atoms with E-state index in [4.69, 9.17) is 14.2 Å². The monoisotopic (exact) mass is 1520 g/mol. The highest BCUT2D eigenvalue weighted by Gasteiger charge is 2.23. The number of sulfone groups is 1. The van der Waals surface area contributed by atoms with Crippen LogP contribution >= 0.6 is 0 Å². The smallest absolute Gasteiger partial charge is 0.300 e. The molecule has 3 aliphatic rings. The minimum Gasteiger partial charge on any atom is -0.378 e. The molecule has 12 heterocycles. The number of fused-ring (bicyclic) bond motifs is 3. The molecule has 566 valence electrons. The summed E-state index contributed by atoms with van der Waals surface area (Å²) in [5.74, 6) is 16.1. The number of morpholine rings is 3. The van der Waals surface area contributed by atoms with Gasteiger partial charge in [0.15, 0.2) is 9.84 Å². The first-order valence-corrected chi connectivity index (χ1v) is 38.0.